The van der Waals surface area contributed by atoms with Gasteiger partial charge < -0.3 is 10.4 Å². The van der Waals surface area contributed by atoms with Crippen LogP contribution in [0.5, 0.6) is 0 Å². The van der Waals surface area contributed by atoms with Gasteiger partial charge >= 0.3 is 5.97 Å². The van der Waals surface area contributed by atoms with E-state index >= 15 is 0 Å². The minimum absolute atomic E-state index is 0.0380. The van der Waals surface area contributed by atoms with Crippen molar-refractivity contribution in [2.75, 3.05) is 0 Å². The first-order chi connectivity index (χ1) is 10.4. The van der Waals surface area contributed by atoms with Crippen LogP contribution >= 0.6 is 0 Å². The van der Waals surface area contributed by atoms with Crippen molar-refractivity contribution in [3.05, 3.63) is 51.2 Å². The molecule has 1 aromatic rings. The Morgan fingerprint density at radius 2 is 2.32 bits per heavy atom. The molecule has 0 saturated heterocycles. The van der Waals surface area contributed by atoms with Crippen LogP contribution in [0.25, 0.3) is 0 Å². The number of hydrogen-bond donors (Lipinski definition) is 3. The number of carboxylic acids is 1. The van der Waals surface area contributed by atoms with Gasteiger partial charge in [-0.1, -0.05) is 12.1 Å². The van der Waals surface area contributed by atoms with Crippen LogP contribution in [-0.2, 0) is 4.79 Å². The molecule has 9 heteroatoms. The van der Waals surface area contributed by atoms with E-state index in [1.807, 2.05) is 0 Å². The Morgan fingerprint density at radius 1 is 1.59 bits per heavy atom. The molecule has 1 atom stereocenters. The molecule has 1 unspecified atom stereocenters. The molecule has 0 fully saturated rings. The normalized spacial score (nSPS) is 17.1. The number of guanidine groups is 1. The lowest BCUT2D eigenvalue weighted by Crippen LogP contribution is -2.38. The Morgan fingerprint density at radius 3 is 2.91 bits per heavy atom. The molecule has 0 aliphatic carbocycles. The van der Waals surface area contributed by atoms with E-state index in [0.29, 0.717) is 11.3 Å². The Bertz CT molecular complexity index is 747. The second-order valence-electron chi connectivity index (χ2n) is 4.44. The van der Waals surface area contributed by atoms with Crippen molar-refractivity contribution in [3.8, 4) is 6.19 Å². The second-order valence-corrected chi connectivity index (χ2v) is 4.44. The Hall–Kier alpha value is -3.41. The monoisotopic (exact) mass is 301 g/mol. The fourth-order valence-corrected chi connectivity index (χ4v) is 2.12. The van der Waals surface area contributed by atoms with Crippen molar-refractivity contribution in [2.24, 2.45) is 4.99 Å². The van der Waals surface area contributed by atoms with Gasteiger partial charge in [0.15, 0.2) is 6.19 Å². The summed E-state index contributed by atoms with van der Waals surface area (Å²) in [5.41, 5.74) is 0.453. The molecule has 2 rings (SSSR count). The number of nitrogens with one attached hydrogen (secondary N) is 2. The highest BCUT2D eigenvalue weighted by Gasteiger charge is 2.29. The average Bonchev–Trinajstić information content (AvgIpc) is 2.46. The van der Waals surface area contributed by atoms with Crippen LogP contribution in [0, 0.1) is 21.6 Å². The van der Waals surface area contributed by atoms with Gasteiger partial charge in [0.25, 0.3) is 5.69 Å². The molecular weight excluding hydrogens is 290 g/mol. The van der Waals surface area contributed by atoms with Gasteiger partial charge in [0.2, 0.25) is 5.96 Å². The summed E-state index contributed by atoms with van der Waals surface area (Å²) in [6, 6.07) is 4.62. The fourth-order valence-electron chi connectivity index (χ4n) is 2.12. The molecule has 0 radical (unpaired) electrons. The molecular formula is C13H11N5O4. The highest BCUT2D eigenvalue weighted by Crippen LogP contribution is 2.32. The maximum Gasteiger partial charge on any atom is 0.335 e. The number of hydrogen-bond acceptors (Lipinski definition) is 7. The summed E-state index contributed by atoms with van der Waals surface area (Å²) in [7, 11) is 0. The maximum atomic E-state index is 11.4. The minimum atomic E-state index is -1.19. The van der Waals surface area contributed by atoms with E-state index in [0.717, 1.165) is 0 Å². The number of rotatable bonds is 3. The summed E-state index contributed by atoms with van der Waals surface area (Å²) >= 11 is 0. The molecule has 0 bridgehead atoms. The van der Waals surface area contributed by atoms with Crippen molar-refractivity contribution in [3.63, 3.8) is 0 Å². The largest absolute Gasteiger partial charge is 0.478 e. The number of benzene rings is 1. The molecule has 3 N–H and O–H groups in total. The van der Waals surface area contributed by atoms with E-state index in [2.05, 4.69) is 15.6 Å². The molecule has 1 heterocycles. The summed E-state index contributed by atoms with van der Waals surface area (Å²) in [6.45, 7) is 1.53. The lowest BCUT2D eigenvalue weighted by molar-refractivity contribution is -0.384. The van der Waals surface area contributed by atoms with Crippen LogP contribution in [0.15, 0.2) is 40.5 Å². The molecule has 0 aromatic heterocycles. The van der Waals surface area contributed by atoms with Gasteiger partial charge in [0, 0.05) is 17.8 Å². The molecule has 1 aromatic carbocycles. The molecule has 0 spiro atoms. The lowest BCUT2D eigenvalue weighted by atomic mass is 9.96. The van der Waals surface area contributed by atoms with E-state index in [1.165, 1.54) is 25.1 Å². The van der Waals surface area contributed by atoms with Crippen LogP contribution in [0.1, 0.15) is 18.5 Å². The van der Waals surface area contributed by atoms with Gasteiger partial charge in [-0.25, -0.2) is 9.79 Å². The first kappa shape index (κ1) is 15.0. The van der Waals surface area contributed by atoms with Crippen LogP contribution in [0.4, 0.5) is 5.69 Å². The quantitative estimate of drug-likeness (QED) is 0.327. The number of carboxylic acid groups (broad SMARTS) is 1. The number of nitriles is 1. The SMILES string of the molecule is CC1=C(C(=O)O)C(c2cccc([N+](=O)[O-])c2)N=C(NC#N)N1. The maximum absolute atomic E-state index is 11.4. The van der Waals surface area contributed by atoms with Gasteiger partial charge in [-0.2, -0.15) is 5.26 Å². The minimum Gasteiger partial charge on any atom is -0.478 e. The third-order valence-corrected chi connectivity index (χ3v) is 3.04. The van der Waals surface area contributed by atoms with Crippen LogP contribution < -0.4 is 10.6 Å². The molecule has 0 saturated carbocycles. The van der Waals surface area contributed by atoms with Gasteiger partial charge in [0.1, 0.15) is 6.04 Å². The van der Waals surface area contributed by atoms with E-state index in [1.54, 1.807) is 12.3 Å². The van der Waals surface area contributed by atoms with Gasteiger partial charge in [-0.05, 0) is 12.5 Å². The van der Waals surface area contributed by atoms with Crippen molar-refractivity contribution < 1.29 is 14.8 Å². The molecule has 112 valence electrons. The second kappa shape index (κ2) is 5.92. The predicted octanol–water partition coefficient (Wildman–Crippen LogP) is 1.02. The Kier molecular flexibility index (Phi) is 4.04. The number of nitro benzene ring substituents is 1. The number of non-ortho nitro benzene ring substituents is 1. The number of nitro groups is 1. The topological polar surface area (TPSA) is 141 Å². The van der Waals surface area contributed by atoms with E-state index in [4.69, 9.17) is 5.26 Å². The third kappa shape index (κ3) is 2.85. The Labute approximate surface area is 124 Å². The van der Waals surface area contributed by atoms with Crippen LogP contribution in [0.2, 0.25) is 0 Å². The molecule has 0 amide bonds. The van der Waals surface area contributed by atoms with Crippen LogP contribution in [-0.4, -0.2) is 22.0 Å². The molecule has 9 nitrogen and oxygen atoms in total. The highest BCUT2D eigenvalue weighted by atomic mass is 16.6. The van der Waals surface area contributed by atoms with E-state index in [9.17, 15) is 20.0 Å². The van der Waals surface area contributed by atoms with Gasteiger partial charge in [0.05, 0.1) is 10.5 Å². The molecule has 22 heavy (non-hydrogen) atoms. The zero-order valence-electron chi connectivity index (χ0n) is 11.4. The molecule has 1 aliphatic heterocycles. The zero-order chi connectivity index (χ0) is 16.3. The first-order valence-electron chi connectivity index (χ1n) is 6.12. The summed E-state index contributed by atoms with van der Waals surface area (Å²) in [4.78, 5) is 25.8. The van der Waals surface area contributed by atoms with Crippen molar-refractivity contribution in [1.29, 1.82) is 5.26 Å². The summed E-state index contributed by atoms with van der Waals surface area (Å²) in [5, 5.41) is 33.8. The van der Waals surface area contributed by atoms with Crippen molar-refractivity contribution in [2.45, 2.75) is 13.0 Å². The van der Waals surface area contributed by atoms with Crippen LogP contribution in [0.3, 0.4) is 0 Å². The van der Waals surface area contributed by atoms with Crippen molar-refractivity contribution in [1.82, 2.24) is 10.6 Å². The highest BCUT2D eigenvalue weighted by molar-refractivity contribution is 5.94. The third-order valence-electron chi connectivity index (χ3n) is 3.04. The number of aliphatic carboxylic acids is 1. The number of aliphatic imine (C=N–C) groups is 1. The summed E-state index contributed by atoms with van der Waals surface area (Å²) in [6.07, 6.45) is 1.68. The Balaban J connectivity index is 2.54. The first-order valence-corrected chi connectivity index (χ1v) is 6.12. The average molecular weight is 301 g/mol. The fraction of sp³-hybridized carbons (Fsp3) is 0.154. The number of carbonyl (C=O) groups is 1. The van der Waals surface area contributed by atoms with E-state index < -0.39 is 16.9 Å². The predicted molar refractivity (Wildman–Crippen MR) is 75.5 cm³/mol. The number of allylic oxidation sites excluding steroid dienone is 1. The molecule has 1 aliphatic rings. The standard InChI is InChI=1S/C13H11N5O4/c1-7-10(12(19)20)11(17-13(16-7)15-6-14)8-3-2-4-9(5-8)18(21)22/h2-5,11H,1H3,(H,19,20)(H2,15,16,17). The lowest BCUT2D eigenvalue weighted by Gasteiger charge is -2.23. The summed E-state index contributed by atoms with van der Waals surface area (Å²) < 4.78 is 0. The summed E-state index contributed by atoms with van der Waals surface area (Å²) in [5.74, 6) is -1.11. The van der Waals surface area contributed by atoms with Gasteiger partial charge in [-0.15, -0.1) is 0 Å². The zero-order valence-corrected chi connectivity index (χ0v) is 11.4. The van der Waals surface area contributed by atoms with Crippen molar-refractivity contribution >= 4 is 17.6 Å². The van der Waals surface area contributed by atoms with Gasteiger partial charge in [-0.3, -0.25) is 15.4 Å². The smallest absolute Gasteiger partial charge is 0.335 e. The van der Waals surface area contributed by atoms with E-state index in [-0.39, 0.29) is 17.2 Å². The number of nitrogens with zero attached hydrogens (tertiary/aromatic N) is 3.